The summed E-state index contributed by atoms with van der Waals surface area (Å²) in [4.78, 5) is 13.0. The van der Waals surface area contributed by atoms with Gasteiger partial charge in [0, 0.05) is 6.42 Å². The average molecular weight is 756 g/mol. The second-order valence-electron chi connectivity index (χ2n) is 15.3. The average Bonchev–Trinajstić information content (AvgIpc) is 3.16. The van der Waals surface area contributed by atoms with Crippen molar-refractivity contribution in [2.24, 2.45) is 0 Å². The van der Waals surface area contributed by atoms with E-state index in [0.717, 1.165) is 38.5 Å². The van der Waals surface area contributed by atoms with Gasteiger partial charge < -0.3 is 45.4 Å². The highest BCUT2D eigenvalue weighted by molar-refractivity contribution is 5.81. The Morgan fingerprint density at radius 1 is 0.660 bits per heavy atom. The standard InChI is InChI=1S/C43H81NO9/c1-3-5-7-9-11-13-15-17-18-19-20-22-23-25-27-29-31-36(46)35(34-52-43-41(50)40(49)39(48)38(33-45)53-43)44-42(51)37(47)32-30-28-26-24-21-16-14-12-10-8-6-4-2/h21,24,28,30,35-41,43,45-50H,3-20,22-23,25-27,29,31-34H2,1-2H3,(H,44,51)/b24-21-,30-28-. The van der Waals surface area contributed by atoms with Crippen molar-refractivity contribution in [2.75, 3.05) is 13.2 Å². The largest absolute Gasteiger partial charge is 0.394 e. The van der Waals surface area contributed by atoms with E-state index in [1.54, 1.807) is 6.08 Å². The van der Waals surface area contributed by atoms with Gasteiger partial charge in [0.05, 0.1) is 25.4 Å². The zero-order valence-corrected chi connectivity index (χ0v) is 33.6. The first-order chi connectivity index (χ1) is 25.8. The van der Waals surface area contributed by atoms with Crippen LogP contribution in [0.4, 0.5) is 0 Å². The van der Waals surface area contributed by atoms with E-state index in [2.05, 4.69) is 31.3 Å². The minimum absolute atomic E-state index is 0.118. The highest BCUT2D eigenvalue weighted by Crippen LogP contribution is 2.23. The van der Waals surface area contributed by atoms with Crippen LogP contribution in [0.5, 0.6) is 0 Å². The molecule has 0 aromatic heterocycles. The molecule has 312 valence electrons. The molecule has 1 rings (SSSR count). The number of ether oxygens (including phenoxy) is 2. The van der Waals surface area contributed by atoms with Crippen LogP contribution in [-0.2, 0) is 14.3 Å². The van der Waals surface area contributed by atoms with Gasteiger partial charge in [-0.05, 0) is 25.7 Å². The van der Waals surface area contributed by atoms with Gasteiger partial charge in [-0.2, -0.15) is 0 Å². The van der Waals surface area contributed by atoms with E-state index in [0.29, 0.717) is 6.42 Å². The van der Waals surface area contributed by atoms with E-state index in [4.69, 9.17) is 9.47 Å². The molecule has 10 heteroatoms. The van der Waals surface area contributed by atoms with Crippen LogP contribution in [0.25, 0.3) is 0 Å². The zero-order chi connectivity index (χ0) is 38.9. The molecule has 10 nitrogen and oxygen atoms in total. The maximum absolute atomic E-state index is 13.0. The SMILES string of the molecule is CCCCCCCC/C=C\C/C=C\CC(O)C(=O)NC(COC1OC(CO)C(O)C(O)C1O)C(O)CCCCCCCCCCCCCCCCCC. The van der Waals surface area contributed by atoms with Gasteiger partial charge >= 0.3 is 0 Å². The first-order valence-corrected chi connectivity index (χ1v) is 21.6. The van der Waals surface area contributed by atoms with Crippen molar-refractivity contribution in [1.82, 2.24) is 5.32 Å². The third-order valence-electron chi connectivity index (χ3n) is 10.4. The lowest BCUT2D eigenvalue weighted by atomic mass is 9.99. The molecule has 0 radical (unpaired) electrons. The fraction of sp³-hybridized carbons (Fsp3) is 0.884. The van der Waals surface area contributed by atoms with Gasteiger partial charge in [0.1, 0.15) is 30.5 Å². The molecule has 0 saturated carbocycles. The van der Waals surface area contributed by atoms with Crippen LogP contribution in [-0.4, -0.2) is 98.7 Å². The molecule has 8 atom stereocenters. The van der Waals surface area contributed by atoms with E-state index in [9.17, 15) is 35.4 Å². The third-order valence-corrected chi connectivity index (χ3v) is 10.4. The van der Waals surface area contributed by atoms with Crippen molar-refractivity contribution in [1.29, 1.82) is 0 Å². The molecule has 53 heavy (non-hydrogen) atoms. The first kappa shape index (κ1) is 49.6. The van der Waals surface area contributed by atoms with Gasteiger partial charge in [-0.3, -0.25) is 4.79 Å². The van der Waals surface area contributed by atoms with Crippen LogP contribution in [0.2, 0.25) is 0 Å². The van der Waals surface area contributed by atoms with Crippen LogP contribution in [0, 0.1) is 0 Å². The molecule has 8 unspecified atom stereocenters. The van der Waals surface area contributed by atoms with Gasteiger partial charge in [0.15, 0.2) is 6.29 Å². The molecule has 7 N–H and O–H groups in total. The number of hydrogen-bond acceptors (Lipinski definition) is 9. The fourth-order valence-electron chi connectivity index (χ4n) is 6.80. The maximum Gasteiger partial charge on any atom is 0.249 e. The van der Waals surface area contributed by atoms with Crippen LogP contribution in [0.15, 0.2) is 24.3 Å². The number of aliphatic hydroxyl groups excluding tert-OH is 6. The number of amides is 1. The van der Waals surface area contributed by atoms with Crippen molar-refractivity contribution in [2.45, 2.75) is 230 Å². The quantitative estimate of drug-likeness (QED) is 0.0259. The summed E-state index contributed by atoms with van der Waals surface area (Å²) < 4.78 is 11.1. The Hall–Kier alpha value is -1.37. The van der Waals surface area contributed by atoms with Gasteiger partial charge in [0.25, 0.3) is 0 Å². The number of nitrogens with one attached hydrogen (secondary N) is 1. The molecule has 0 bridgehead atoms. The van der Waals surface area contributed by atoms with Crippen molar-refractivity contribution < 1.29 is 44.9 Å². The summed E-state index contributed by atoms with van der Waals surface area (Å²) in [6.45, 7) is 3.60. The number of allylic oxidation sites excluding steroid dienone is 3. The van der Waals surface area contributed by atoms with Crippen molar-refractivity contribution in [3.05, 3.63) is 24.3 Å². The summed E-state index contributed by atoms with van der Waals surface area (Å²) in [5, 5.41) is 64.5. The second-order valence-corrected chi connectivity index (χ2v) is 15.3. The Morgan fingerprint density at radius 2 is 1.15 bits per heavy atom. The van der Waals surface area contributed by atoms with Gasteiger partial charge in [0.2, 0.25) is 5.91 Å². The van der Waals surface area contributed by atoms with Crippen molar-refractivity contribution in [3.8, 4) is 0 Å². The molecule has 1 heterocycles. The predicted octanol–water partition coefficient (Wildman–Crippen LogP) is 7.30. The summed E-state index contributed by atoms with van der Waals surface area (Å²) in [5.74, 6) is -0.651. The third kappa shape index (κ3) is 24.7. The minimum Gasteiger partial charge on any atom is -0.394 e. The fourth-order valence-corrected chi connectivity index (χ4v) is 6.80. The van der Waals surface area contributed by atoms with Crippen LogP contribution in [0.3, 0.4) is 0 Å². The molecular weight excluding hydrogens is 674 g/mol. The van der Waals surface area contributed by atoms with Crippen molar-refractivity contribution >= 4 is 5.91 Å². The molecule has 0 aromatic rings. The Morgan fingerprint density at radius 3 is 1.68 bits per heavy atom. The lowest BCUT2D eigenvalue weighted by Gasteiger charge is -2.40. The lowest BCUT2D eigenvalue weighted by Crippen LogP contribution is -2.60. The zero-order valence-electron chi connectivity index (χ0n) is 33.6. The predicted molar refractivity (Wildman–Crippen MR) is 213 cm³/mol. The monoisotopic (exact) mass is 756 g/mol. The molecule has 0 aliphatic carbocycles. The normalized spacial score (nSPS) is 22.5. The van der Waals surface area contributed by atoms with Crippen LogP contribution < -0.4 is 5.32 Å². The summed E-state index contributed by atoms with van der Waals surface area (Å²) in [6.07, 6.45) is 28.2. The summed E-state index contributed by atoms with van der Waals surface area (Å²) in [6, 6.07) is -0.922. The van der Waals surface area contributed by atoms with Crippen LogP contribution in [0.1, 0.15) is 181 Å². The number of aliphatic hydroxyl groups is 6. The molecule has 0 aromatic carbocycles. The topological polar surface area (TPSA) is 169 Å². The highest BCUT2D eigenvalue weighted by atomic mass is 16.7. The number of rotatable bonds is 35. The second kappa shape index (κ2) is 33.9. The van der Waals surface area contributed by atoms with E-state index in [1.165, 1.54) is 116 Å². The Kier molecular flexibility index (Phi) is 31.8. The Bertz CT molecular complexity index is 901. The maximum atomic E-state index is 13.0. The minimum atomic E-state index is -1.60. The summed E-state index contributed by atoms with van der Waals surface area (Å²) in [7, 11) is 0. The molecular formula is C43H81NO9. The smallest absolute Gasteiger partial charge is 0.249 e. The van der Waals surface area contributed by atoms with E-state index < -0.39 is 61.5 Å². The molecule has 1 saturated heterocycles. The van der Waals surface area contributed by atoms with E-state index >= 15 is 0 Å². The van der Waals surface area contributed by atoms with Gasteiger partial charge in [-0.1, -0.05) is 173 Å². The molecule has 1 fully saturated rings. The number of carbonyl (C=O) groups excluding carboxylic acids is 1. The van der Waals surface area contributed by atoms with Gasteiger partial charge in [-0.15, -0.1) is 0 Å². The Balaban J connectivity index is 2.47. The Labute approximate surface area is 322 Å². The van der Waals surface area contributed by atoms with Crippen molar-refractivity contribution in [3.63, 3.8) is 0 Å². The molecule has 1 amide bonds. The molecule has 1 aliphatic rings. The molecule has 0 spiro atoms. The van der Waals surface area contributed by atoms with E-state index in [1.807, 2.05) is 6.08 Å². The number of unbranched alkanes of at least 4 members (excludes halogenated alkanes) is 21. The van der Waals surface area contributed by atoms with Gasteiger partial charge in [-0.25, -0.2) is 0 Å². The summed E-state index contributed by atoms with van der Waals surface area (Å²) >= 11 is 0. The first-order valence-electron chi connectivity index (χ1n) is 21.6. The lowest BCUT2D eigenvalue weighted by molar-refractivity contribution is -0.302. The number of hydrogen-bond donors (Lipinski definition) is 7. The molecule has 1 aliphatic heterocycles. The van der Waals surface area contributed by atoms with Crippen LogP contribution >= 0.6 is 0 Å². The number of carbonyl (C=O) groups is 1. The highest BCUT2D eigenvalue weighted by Gasteiger charge is 2.44. The van der Waals surface area contributed by atoms with E-state index in [-0.39, 0.29) is 13.0 Å². The summed E-state index contributed by atoms with van der Waals surface area (Å²) in [5.41, 5.74) is 0.